The number of thiophene rings is 1. The minimum atomic E-state index is -0.482. The zero-order chi connectivity index (χ0) is 14.2. The molecule has 0 aliphatic rings. The maximum absolute atomic E-state index is 13.1. The molecule has 1 aromatic carbocycles. The molecule has 0 aliphatic carbocycles. The molecule has 0 bridgehead atoms. The maximum Gasteiger partial charge on any atom is 0.126 e. The van der Waals surface area contributed by atoms with Gasteiger partial charge >= 0.3 is 0 Å². The van der Waals surface area contributed by atoms with Crippen molar-refractivity contribution in [2.45, 2.75) is 13.0 Å². The number of anilines is 1. The number of nitrogens with one attached hydrogen (secondary N) is 1. The van der Waals surface area contributed by atoms with E-state index in [2.05, 4.69) is 5.32 Å². The summed E-state index contributed by atoms with van der Waals surface area (Å²) in [4.78, 5) is 0. The van der Waals surface area contributed by atoms with Crippen LogP contribution in [-0.2, 0) is 0 Å². The molecule has 0 radical (unpaired) electrons. The number of hydrogen-bond donors (Lipinski definition) is 1. The minimum Gasteiger partial charge on any atom is -0.376 e. The zero-order valence-electron chi connectivity index (χ0n) is 9.61. The van der Waals surface area contributed by atoms with Crippen LogP contribution in [0.4, 0.5) is 10.1 Å². The third-order valence-electron chi connectivity index (χ3n) is 2.52. The summed E-state index contributed by atoms with van der Waals surface area (Å²) >= 11 is 25.2. The van der Waals surface area contributed by atoms with E-state index >= 15 is 0 Å². The Morgan fingerprint density at radius 1 is 1.11 bits per heavy atom. The van der Waals surface area contributed by atoms with Gasteiger partial charge < -0.3 is 5.32 Å². The third-order valence-corrected chi connectivity index (χ3v) is 4.63. The second kappa shape index (κ2) is 6.06. The number of hydrogen-bond acceptors (Lipinski definition) is 2. The van der Waals surface area contributed by atoms with Crippen LogP contribution in [-0.4, -0.2) is 0 Å². The van der Waals surface area contributed by atoms with E-state index in [-0.39, 0.29) is 16.1 Å². The number of rotatable bonds is 3. The molecule has 0 spiro atoms. The van der Waals surface area contributed by atoms with Gasteiger partial charge in [-0.15, -0.1) is 11.3 Å². The van der Waals surface area contributed by atoms with Crippen LogP contribution in [0, 0.1) is 5.82 Å². The van der Waals surface area contributed by atoms with Crippen molar-refractivity contribution in [1.82, 2.24) is 0 Å². The van der Waals surface area contributed by atoms with Gasteiger partial charge in [0.1, 0.15) is 5.82 Å². The SMILES string of the molecule is CC(Nc1c(Cl)cc(F)cc1Cl)c1cc(Cl)sc1Cl. The molecule has 19 heavy (non-hydrogen) atoms. The van der Waals surface area contributed by atoms with E-state index < -0.39 is 5.82 Å². The molecule has 2 rings (SSSR count). The van der Waals surface area contributed by atoms with Crippen molar-refractivity contribution in [1.29, 1.82) is 0 Å². The Balaban J connectivity index is 2.29. The van der Waals surface area contributed by atoms with E-state index in [0.717, 1.165) is 5.56 Å². The average molecular weight is 359 g/mol. The van der Waals surface area contributed by atoms with E-state index in [0.29, 0.717) is 14.4 Å². The van der Waals surface area contributed by atoms with Crippen LogP contribution in [0.15, 0.2) is 18.2 Å². The van der Waals surface area contributed by atoms with Crippen molar-refractivity contribution < 1.29 is 4.39 Å². The number of benzene rings is 1. The van der Waals surface area contributed by atoms with Gasteiger partial charge in [-0.25, -0.2) is 4.39 Å². The molecular formula is C12H8Cl4FNS. The van der Waals surface area contributed by atoms with Gasteiger partial charge in [0, 0.05) is 5.56 Å². The predicted molar refractivity (Wildman–Crippen MR) is 82.8 cm³/mol. The van der Waals surface area contributed by atoms with Crippen molar-refractivity contribution in [2.24, 2.45) is 0 Å². The Kier molecular flexibility index (Phi) is 4.85. The summed E-state index contributed by atoms with van der Waals surface area (Å²) in [7, 11) is 0. The highest BCUT2D eigenvalue weighted by atomic mass is 35.5. The van der Waals surface area contributed by atoms with Crippen molar-refractivity contribution in [3.63, 3.8) is 0 Å². The monoisotopic (exact) mass is 357 g/mol. The molecule has 0 saturated carbocycles. The van der Waals surface area contributed by atoms with E-state index in [1.54, 1.807) is 6.07 Å². The first kappa shape index (κ1) is 15.2. The summed E-state index contributed by atoms with van der Waals surface area (Å²) in [5.41, 5.74) is 1.31. The Hall–Kier alpha value is -0.190. The van der Waals surface area contributed by atoms with Gasteiger partial charge in [-0.2, -0.15) is 0 Å². The molecule has 1 unspecified atom stereocenters. The van der Waals surface area contributed by atoms with Crippen LogP contribution in [0.1, 0.15) is 18.5 Å². The van der Waals surface area contributed by atoms with Gasteiger partial charge in [0.25, 0.3) is 0 Å². The second-order valence-corrected chi connectivity index (χ2v) is 6.99. The van der Waals surface area contributed by atoms with Crippen molar-refractivity contribution >= 4 is 63.4 Å². The molecular weight excluding hydrogens is 351 g/mol. The van der Waals surface area contributed by atoms with E-state index in [1.165, 1.54) is 23.5 Å². The van der Waals surface area contributed by atoms with Gasteiger partial charge in [0.15, 0.2) is 0 Å². The summed E-state index contributed by atoms with van der Waals surface area (Å²) in [6.45, 7) is 1.89. The molecule has 2 aromatic rings. The van der Waals surface area contributed by atoms with Crippen LogP contribution in [0.5, 0.6) is 0 Å². The highest BCUT2D eigenvalue weighted by Gasteiger charge is 2.16. The second-order valence-electron chi connectivity index (χ2n) is 3.89. The standard InChI is InChI=1S/C12H8Cl4FNS/c1-5(7-4-10(15)19-12(7)16)18-11-8(13)2-6(17)3-9(11)14/h2-5,18H,1H3. The molecule has 0 saturated heterocycles. The molecule has 0 fully saturated rings. The van der Waals surface area contributed by atoms with Crippen LogP contribution >= 0.6 is 57.7 Å². The lowest BCUT2D eigenvalue weighted by Crippen LogP contribution is -2.07. The van der Waals surface area contributed by atoms with Crippen molar-refractivity contribution in [2.75, 3.05) is 5.32 Å². The summed E-state index contributed by atoms with van der Waals surface area (Å²) in [6.07, 6.45) is 0. The summed E-state index contributed by atoms with van der Waals surface area (Å²) in [5, 5.41) is 3.54. The first-order chi connectivity index (χ1) is 8.88. The van der Waals surface area contributed by atoms with Crippen LogP contribution in [0.2, 0.25) is 18.7 Å². The van der Waals surface area contributed by atoms with Gasteiger partial charge in [-0.1, -0.05) is 46.4 Å². The lowest BCUT2D eigenvalue weighted by molar-refractivity contribution is 0.628. The average Bonchev–Trinajstić information content (AvgIpc) is 2.62. The van der Waals surface area contributed by atoms with E-state index in [4.69, 9.17) is 46.4 Å². The smallest absolute Gasteiger partial charge is 0.126 e. The first-order valence-corrected chi connectivity index (χ1v) is 7.57. The molecule has 1 N–H and O–H groups in total. The fourth-order valence-electron chi connectivity index (χ4n) is 1.62. The zero-order valence-corrected chi connectivity index (χ0v) is 13.4. The number of halogens is 5. The predicted octanol–water partition coefficient (Wildman–Crippen LogP) is 6.67. The van der Waals surface area contributed by atoms with Crippen LogP contribution < -0.4 is 5.32 Å². The molecule has 1 aromatic heterocycles. The quantitative estimate of drug-likeness (QED) is 0.645. The summed E-state index contributed by atoms with van der Waals surface area (Å²) in [5.74, 6) is -0.482. The minimum absolute atomic E-state index is 0.156. The van der Waals surface area contributed by atoms with Gasteiger partial charge in [-0.05, 0) is 25.1 Å². The van der Waals surface area contributed by atoms with Gasteiger partial charge in [-0.3, -0.25) is 0 Å². The fraction of sp³-hybridized carbons (Fsp3) is 0.167. The Morgan fingerprint density at radius 3 is 2.16 bits per heavy atom. The Labute approximate surface area is 134 Å². The molecule has 0 aliphatic heterocycles. The van der Waals surface area contributed by atoms with Crippen molar-refractivity contribution in [3.8, 4) is 0 Å². The van der Waals surface area contributed by atoms with E-state index in [1.807, 2.05) is 6.92 Å². The highest BCUT2D eigenvalue weighted by molar-refractivity contribution is 7.20. The third kappa shape index (κ3) is 3.47. The fourth-order valence-corrected chi connectivity index (χ4v) is 3.84. The lowest BCUT2D eigenvalue weighted by atomic mass is 10.1. The molecule has 1 nitrogen and oxygen atoms in total. The first-order valence-electron chi connectivity index (χ1n) is 5.24. The summed E-state index contributed by atoms with van der Waals surface area (Å²) < 4.78 is 14.3. The maximum atomic E-state index is 13.1. The molecule has 1 heterocycles. The van der Waals surface area contributed by atoms with E-state index in [9.17, 15) is 4.39 Å². The van der Waals surface area contributed by atoms with Gasteiger partial charge in [0.05, 0.1) is 30.4 Å². The van der Waals surface area contributed by atoms with Crippen molar-refractivity contribution in [3.05, 3.63) is 48.3 Å². The molecule has 7 heteroatoms. The molecule has 102 valence electrons. The Morgan fingerprint density at radius 2 is 1.68 bits per heavy atom. The topological polar surface area (TPSA) is 12.0 Å². The summed E-state index contributed by atoms with van der Waals surface area (Å²) in [6, 6.07) is 4.02. The van der Waals surface area contributed by atoms with Crippen LogP contribution in [0.25, 0.3) is 0 Å². The molecule has 1 atom stereocenters. The Bertz CT molecular complexity index is 591. The van der Waals surface area contributed by atoms with Gasteiger partial charge in [0.2, 0.25) is 0 Å². The molecule has 0 amide bonds. The van der Waals surface area contributed by atoms with Crippen LogP contribution in [0.3, 0.4) is 0 Å². The lowest BCUT2D eigenvalue weighted by Gasteiger charge is -2.17. The highest BCUT2D eigenvalue weighted by Crippen LogP contribution is 2.39. The largest absolute Gasteiger partial charge is 0.376 e. The normalized spacial score (nSPS) is 12.5.